The minimum atomic E-state index is -0.833. The van der Waals surface area contributed by atoms with Gasteiger partial charge in [0.2, 0.25) is 0 Å². The molecule has 1 aliphatic heterocycles. The molecule has 0 atom stereocenters. The minimum absolute atomic E-state index is 0.286. The average Bonchev–Trinajstić information content (AvgIpc) is 3.55. The van der Waals surface area contributed by atoms with E-state index in [1.54, 1.807) is 10.8 Å². The van der Waals surface area contributed by atoms with Crippen LogP contribution in [0.1, 0.15) is 18.1 Å². The SMILES string of the molecule is CC(=O)O.O=C1N=C(Nc2cc[c]([Na])cc2)S/C1=C/c1ccc(-n2cnnn2)cc1OCc1ccccc1. The van der Waals surface area contributed by atoms with Gasteiger partial charge < -0.3 is 5.11 Å². The zero-order chi connectivity index (χ0) is 26.9. The number of amides is 1. The number of benzene rings is 3. The number of carboxylic acids is 1. The minimum Gasteiger partial charge on any atom is -0.0622 e. The molecule has 5 rings (SSSR count). The number of hydrogen-bond donors (Lipinski definition) is 2. The van der Waals surface area contributed by atoms with E-state index in [2.05, 4.69) is 38.0 Å². The first-order chi connectivity index (χ1) is 18.4. The van der Waals surface area contributed by atoms with Crippen molar-refractivity contribution in [2.75, 3.05) is 5.32 Å². The monoisotopic (exact) mass is 536 g/mol. The van der Waals surface area contributed by atoms with E-state index in [1.165, 1.54) is 20.9 Å². The van der Waals surface area contributed by atoms with E-state index in [4.69, 9.17) is 14.6 Å². The number of aliphatic imine (C=N–C) groups is 1. The summed E-state index contributed by atoms with van der Waals surface area (Å²) < 4.78 is 9.00. The quantitative estimate of drug-likeness (QED) is 0.282. The van der Waals surface area contributed by atoms with Crippen LogP contribution in [-0.2, 0) is 16.2 Å². The number of carbonyl (C=O) groups excluding carboxylic acids is 1. The molecule has 3 aromatic carbocycles. The van der Waals surface area contributed by atoms with Gasteiger partial charge in [0.05, 0.1) is 5.69 Å². The third kappa shape index (κ3) is 7.86. The number of thioether (sulfide) groups is 1. The summed E-state index contributed by atoms with van der Waals surface area (Å²) in [6.07, 6.45) is 3.32. The van der Waals surface area contributed by atoms with Crippen molar-refractivity contribution in [1.82, 2.24) is 20.2 Å². The molecule has 1 aliphatic rings. The van der Waals surface area contributed by atoms with E-state index in [0.717, 1.165) is 57.4 Å². The first-order valence-corrected chi connectivity index (χ1v) is 13.3. The van der Waals surface area contributed by atoms with Gasteiger partial charge in [-0.3, -0.25) is 4.79 Å². The first-order valence-electron chi connectivity index (χ1n) is 11.5. The molecular formula is C26H21N6NaO4S. The van der Waals surface area contributed by atoms with Gasteiger partial charge in [-0.25, -0.2) is 4.68 Å². The molecule has 12 heteroatoms. The number of anilines is 1. The second-order valence-corrected chi connectivity index (χ2v) is 10.3. The van der Waals surface area contributed by atoms with E-state index in [9.17, 15) is 4.79 Å². The van der Waals surface area contributed by atoms with Gasteiger partial charge in [0.1, 0.15) is 12.9 Å². The summed E-state index contributed by atoms with van der Waals surface area (Å²) in [5.74, 6) is -0.507. The molecule has 0 bridgehead atoms. The Hall–Kier alpha value is -3.77. The number of hydrogen-bond acceptors (Lipinski definition) is 8. The van der Waals surface area contributed by atoms with Crippen molar-refractivity contribution in [2.24, 2.45) is 4.99 Å². The zero-order valence-corrected chi connectivity index (χ0v) is 23.4. The summed E-state index contributed by atoms with van der Waals surface area (Å²) in [4.78, 5) is 26.3. The van der Waals surface area contributed by atoms with Crippen molar-refractivity contribution < 1.29 is 19.4 Å². The van der Waals surface area contributed by atoms with Crippen LogP contribution in [-0.4, -0.2) is 70.3 Å². The Balaban J connectivity index is 0.000000786. The Kier molecular flexibility index (Phi) is 9.44. The van der Waals surface area contributed by atoms with Crippen molar-refractivity contribution in [1.29, 1.82) is 0 Å². The summed E-state index contributed by atoms with van der Waals surface area (Å²) in [6.45, 7) is 1.47. The second-order valence-electron chi connectivity index (χ2n) is 8.09. The topological polar surface area (TPSA) is 132 Å². The number of carboxylic acid groups (broad SMARTS) is 1. The Morgan fingerprint density at radius 3 is 2.55 bits per heavy atom. The van der Waals surface area contributed by atoms with Gasteiger partial charge in [-0.2, -0.15) is 0 Å². The zero-order valence-electron chi connectivity index (χ0n) is 20.6. The van der Waals surface area contributed by atoms with Crippen molar-refractivity contribution in [3.8, 4) is 11.4 Å². The first kappa shape index (κ1) is 27.3. The molecule has 0 spiro atoms. The molecule has 1 amide bonds. The normalized spacial score (nSPS) is 13.5. The molecule has 2 N–H and O–H groups in total. The second kappa shape index (κ2) is 13.2. The van der Waals surface area contributed by atoms with Crippen molar-refractivity contribution in [3.63, 3.8) is 0 Å². The van der Waals surface area contributed by atoms with Crippen LogP contribution in [0.15, 0.2) is 89.0 Å². The van der Waals surface area contributed by atoms with Crippen LogP contribution >= 0.6 is 11.8 Å². The Morgan fingerprint density at radius 1 is 1.13 bits per heavy atom. The third-order valence-electron chi connectivity index (χ3n) is 5.06. The van der Waals surface area contributed by atoms with E-state index in [-0.39, 0.29) is 5.91 Å². The van der Waals surface area contributed by atoms with Crippen LogP contribution in [0.4, 0.5) is 5.69 Å². The maximum atomic E-state index is 12.6. The summed E-state index contributed by atoms with van der Waals surface area (Å²) in [5, 5.41) is 22.5. The Bertz CT molecular complexity index is 1470. The van der Waals surface area contributed by atoms with Crippen molar-refractivity contribution in [3.05, 3.63) is 95.2 Å². The summed E-state index contributed by atoms with van der Waals surface area (Å²) in [6, 6.07) is 23.6. The van der Waals surface area contributed by atoms with Crippen LogP contribution in [0.3, 0.4) is 0 Å². The molecule has 1 aromatic heterocycles. The number of tetrazole rings is 1. The van der Waals surface area contributed by atoms with Gasteiger partial charge in [0.15, 0.2) is 0 Å². The van der Waals surface area contributed by atoms with E-state index in [1.807, 2.05) is 60.7 Å². The molecule has 0 saturated heterocycles. The van der Waals surface area contributed by atoms with Gasteiger partial charge in [0, 0.05) is 6.92 Å². The number of carbonyl (C=O) groups is 2. The number of amidine groups is 1. The Labute approximate surface area is 240 Å². The molecule has 0 fully saturated rings. The predicted octanol–water partition coefficient (Wildman–Crippen LogP) is 3.21. The van der Waals surface area contributed by atoms with Gasteiger partial charge in [-0.05, 0) is 16.0 Å². The van der Waals surface area contributed by atoms with E-state index >= 15 is 0 Å². The van der Waals surface area contributed by atoms with E-state index in [0.29, 0.717) is 22.4 Å². The smallest absolute Gasteiger partial charge is 0.0622 e. The van der Waals surface area contributed by atoms with Crippen LogP contribution in [0.5, 0.6) is 5.75 Å². The third-order valence-corrected chi connectivity index (χ3v) is 6.62. The number of aliphatic carboxylic acids is 1. The van der Waals surface area contributed by atoms with Crippen LogP contribution in [0.25, 0.3) is 11.8 Å². The van der Waals surface area contributed by atoms with Gasteiger partial charge in [0.25, 0.3) is 5.97 Å². The molecule has 2 heterocycles. The summed E-state index contributed by atoms with van der Waals surface area (Å²) in [7, 11) is 0. The molecule has 0 saturated carbocycles. The average molecular weight is 537 g/mol. The molecule has 38 heavy (non-hydrogen) atoms. The molecule has 0 aliphatic carbocycles. The Morgan fingerprint density at radius 2 is 1.87 bits per heavy atom. The molecule has 186 valence electrons. The molecule has 0 radical (unpaired) electrons. The number of ether oxygens (including phenoxy) is 1. The van der Waals surface area contributed by atoms with Crippen LogP contribution < -0.4 is 12.9 Å². The van der Waals surface area contributed by atoms with Crippen LogP contribution in [0.2, 0.25) is 0 Å². The summed E-state index contributed by atoms with van der Waals surface area (Å²) in [5.41, 5.74) is 3.45. The maximum absolute atomic E-state index is 12.6. The van der Waals surface area contributed by atoms with Gasteiger partial charge >= 0.3 is 144 Å². The fourth-order valence-corrected chi connectivity index (χ4v) is 4.45. The van der Waals surface area contributed by atoms with Crippen molar-refractivity contribution in [2.45, 2.75) is 13.5 Å². The van der Waals surface area contributed by atoms with Gasteiger partial charge in [-0.15, -0.1) is 5.10 Å². The van der Waals surface area contributed by atoms with Crippen LogP contribution in [0, 0.1) is 0 Å². The van der Waals surface area contributed by atoms with Crippen molar-refractivity contribution >= 4 is 71.3 Å². The standard InChI is InChI=1S/C24H17N6O2S.C2H4O2.Na/c31-23-22(33-24(27-23)26-19-9-5-2-6-10-19)13-18-11-12-20(30-16-25-28-29-30)14-21(18)32-15-17-7-3-1-4-8-17;1-2(3)4;/h1,3-14,16H,15H2,(H,26,27,31);1H3,(H,3,4);/b22-13+;;. The van der Waals surface area contributed by atoms with Gasteiger partial charge in [-0.1, -0.05) is 30.3 Å². The molecular weight excluding hydrogens is 515 g/mol. The number of aromatic nitrogens is 4. The van der Waals surface area contributed by atoms with E-state index < -0.39 is 5.97 Å². The summed E-state index contributed by atoms with van der Waals surface area (Å²) >= 11 is 2.30. The predicted molar refractivity (Wildman–Crippen MR) is 147 cm³/mol. The fourth-order valence-electron chi connectivity index (χ4n) is 3.29. The number of rotatable bonds is 6. The molecule has 0 unspecified atom stereocenters. The number of nitrogens with zero attached hydrogens (tertiary/aromatic N) is 5. The number of nitrogens with one attached hydrogen (secondary N) is 1. The molecule has 10 nitrogen and oxygen atoms in total. The fraction of sp³-hybridized carbons (Fsp3) is 0.0769. The molecule has 4 aromatic rings.